The molecule has 2 N–H and O–H groups in total. The first-order valence-corrected chi connectivity index (χ1v) is 7.25. The zero-order valence-electron chi connectivity index (χ0n) is 12.7. The van der Waals surface area contributed by atoms with Gasteiger partial charge in [0.1, 0.15) is 0 Å². The third-order valence-electron chi connectivity index (χ3n) is 3.49. The van der Waals surface area contributed by atoms with Gasteiger partial charge in [-0.15, -0.1) is 0 Å². The number of likely N-dealkylation sites (N-methyl/N-ethyl adjacent to an activating group) is 1. The topological polar surface area (TPSA) is 53.3 Å². The van der Waals surface area contributed by atoms with Crippen LogP contribution in [0.3, 0.4) is 0 Å². The van der Waals surface area contributed by atoms with E-state index in [4.69, 9.17) is 5.11 Å². The fourth-order valence-corrected chi connectivity index (χ4v) is 2.35. The lowest BCUT2D eigenvalue weighted by molar-refractivity contribution is 0.269. The number of aromatic nitrogens is 2. The predicted molar refractivity (Wildman–Crippen MR) is 83.9 cm³/mol. The van der Waals surface area contributed by atoms with Crippen molar-refractivity contribution in [2.24, 2.45) is 0 Å². The molecule has 0 amide bonds. The van der Waals surface area contributed by atoms with Gasteiger partial charge in [-0.05, 0) is 19.7 Å². The maximum atomic E-state index is 8.88. The summed E-state index contributed by atoms with van der Waals surface area (Å²) in [5.41, 5.74) is 2.44. The first kappa shape index (κ1) is 15.7. The summed E-state index contributed by atoms with van der Waals surface area (Å²) < 4.78 is 1.76. The number of benzene rings is 1. The summed E-state index contributed by atoms with van der Waals surface area (Å²) in [6.45, 7) is 2.32. The fourth-order valence-electron chi connectivity index (χ4n) is 2.35. The molecule has 0 aliphatic rings. The number of hydrogen-bond acceptors (Lipinski definition) is 4. The average Bonchev–Trinajstić information content (AvgIpc) is 2.92. The van der Waals surface area contributed by atoms with Gasteiger partial charge in [0.2, 0.25) is 0 Å². The first-order chi connectivity index (χ1) is 10.2. The average molecular weight is 288 g/mol. The summed E-state index contributed by atoms with van der Waals surface area (Å²) in [6, 6.07) is 10.9. The molecule has 0 aliphatic carbocycles. The maximum absolute atomic E-state index is 8.88. The van der Waals surface area contributed by atoms with Crippen LogP contribution >= 0.6 is 0 Å². The number of rotatable bonds is 8. The van der Waals surface area contributed by atoms with Crippen LogP contribution in [0.5, 0.6) is 0 Å². The molecule has 2 rings (SSSR count). The van der Waals surface area contributed by atoms with Gasteiger partial charge < -0.3 is 15.3 Å². The summed E-state index contributed by atoms with van der Waals surface area (Å²) in [6.07, 6.45) is 3.81. The van der Waals surface area contributed by atoms with Gasteiger partial charge in [-0.25, -0.2) is 0 Å². The van der Waals surface area contributed by atoms with Gasteiger partial charge in [-0.1, -0.05) is 30.3 Å². The van der Waals surface area contributed by atoms with Crippen molar-refractivity contribution in [3.8, 4) is 0 Å². The van der Waals surface area contributed by atoms with Crippen LogP contribution in [0, 0.1) is 0 Å². The lowest BCUT2D eigenvalue weighted by atomic mass is 10.1. The third kappa shape index (κ3) is 4.67. The summed E-state index contributed by atoms with van der Waals surface area (Å²) in [5, 5.41) is 16.6. The Hall–Kier alpha value is -1.69. The van der Waals surface area contributed by atoms with Gasteiger partial charge in [0.05, 0.1) is 19.3 Å². The van der Waals surface area contributed by atoms with E-state index in [-0.39, 0.29) is 6.61 Å². The van der Waals surface area contributed by atoms with Gasteiger partial charge in [0, 0.05) is 30.9 Å². The molecule has 21 heavy (non-hydrogen) atoms. The summed E-state index contributed by atoms with van der Waals surface area (Å²) in [4.78, 5) is 2.22. The Morgan fingerprint density at radius 1 is 1.29 bits per heavy atom. The number of nitrogens with one attached hydrogen (secondary N) is 1. The number of hydrogen-bond donors (Lipinski definition) is 2. The molecule has 0 radical (unpaired) electrons. The molecule has 1 heterocycles. The lowest BCUT2D eigenvalue weighted by Crippen LogP contribution is -2.30. The molecule has 2 aromatic rings. The van der Waals surface area contributed by atoms with Crippen LogP contribution in [0.25, 0.3) is 0 Å². The number of aliphatic hydroxyl groups excluding tert-OH is 1. The van der Waals surface area contributed by atoms with Gasteiger partial charge in [0.25, 0.3) is 0 Å². The smallest absolute Gasteiger partial charge is 0.0640 e. The van der Waals surface area contributed by atoms with E-state index in [1.165, 1.54) is 5.56 Å². The zero-order valence-corrected chi connectivity index (χ0v) is 12.7. The van der Waals surface area contributed by atoms with Crippen LogP contribution < -0.4 is 5.32 Å². The lowest BCUT2D eigenvalue weighted by Gasteiger charge is -2.25. The van der Waals surface area contributed by atoms with Crippen LogP contribution in [0.1, 0.15) is 17.2 Å². The van der Waals surface area contributed by atoms with Crippen LogP contribution in [0.15, 0.2) is 42.7 Å². The minimum Gasteiger partial charge on any atom is -0.394 e. The Morgan fingerprint density at radius 3 is 2.71 bits per heavy atom. The Labute approximate surface area is 126 Å². The Balaban J connectivity index is 1.87. The van der Waals surface area contributed by atoms with E-state index in [2.05, 4.69) is 53.7 Å². The molecule has 0 bridgehead atoms. The highest BCUT2D eigenvalue weighted by Gasteiger charge is 2.13. The van der Waals surface area contributed by atoms with Crippen molar-refractivity contribution in [3.05, 3.63) is 53.9 Å². The summed E-state index contributed by atoms with van der Waals surface area (Å²) >= 11 is 0. The van der Waals surface area contributed by atoms with Crippen LogP contribution in [0.2, 0.25) is 0 Å². The van der Waals surface area contributed by atoms with E-state index in [0.29, 0.717) is 12.6 Å². The number of aliphatic hydroxyl groups is 1. The van der Waals surface area contributed by atoms with E-state index in [1.54, 1.807) is 4.68 Å². The molecular weight excluding hydrogens is 264 g/mol. The highest BCUT2D eigenvalue weighted by Crippen LogP contribution is 2.16. The normalized spacial score (nSPS) is 12.8. The van der Waals surface area contributed by atoms with Crippen molar-refractivity contribution in [2.75, 3.05) is 27.2 Å². The highest BCUT2D eigenvalue weighted by molar-refractivity contribution is 5.19. The molecule has 5 nitrogen and oxygen atoms in total. The molecule has 0 spiro atoms. The van der Waals surface area contributed by atoms with Crippen LogP contribution in [0.4, 0.5) is 0 Å². The standard InChI is InChI=1S/C16H24N4O/c1-19(2)16(15-6-4-3-5-7-15)12-17-10-14-11-18-20(13-14)8-9-21/h3-7,11,13,16-17,21H,8-10,12H2,1-2H3. The molecule has 1 atom stereocenters. The van der Waals surface area contributed by atoms with Crippen molar-refractivity contribution in [2.45, 2.75) is 19.1 Å². The minimum absolute atomic E-state index is 0.116. The van der Waals surface area contributed by atoms with Crippen LogP contribution in [-0.4, -0.2) is 47.0 Å². The zero-order chi connectivity index (χ0) is 15.1. The predicted octanol–water partition coefficient (Wildman–Crippen LogP) is 1.27. The monoisotopic (exact) mass is 288 g/mol. The Bertz CT molecular complexity index is 524. The SMILES string of the molecule is CN(C)C(CNCc1cnn(CCO)c1)c1ccccc1. The molecule has 0 fully saturated rings. The molecule has 0 saturated heterocycles. The molecule has 114 valence electrons. The third-order valence-corrected chi connectivity index (χ3v) is 3.49. The molecule has 5 heteroatoms. The quantitative estimate of drug-likeness (QED) is 0.768. The van der Waals surface area contributed by atoms with Crippen molar-refractivity contribution >= 4 is 0 Å². The van der Waals surface area contributed by atoms with E-state index in [1.807, 2.05) is 18.5 Å². The van der Waals surface area contributed by atoms with E-state index in [9.17, 15) is 0 Å². The second kappa shape index (κ2) is 7.93. The van der Waals surface area contributed by atoms with Crippen molar-refractivity contribution < 1.29 is 5.11 Å². The molecule has 1 aromatic carbocycles. The van der Waals surface area contributed by atoms with Crippen molar-refractivity contribution in [1.29, 1.82) is 0 Å². The summed E-state index contributed by atoms with van der Waals surface area (Å²) in [7, 11) is 4.19. The minimum atomic E-state index is 0.116. The van der Waals surface area contributed by atoms with Gasteiger partial charge in [-0.2, -0.15) is 5.10 Å². The second-order valence-corrected chi connectivity index (χ2v) is 5.36. The van der Waals surface area contributed by atoms with Gasteiger partial charge in [-0.3, -0.25) is 4.68 Å². The van der Waals surface area contributed by atoms with Gasteiger partial charge in [0.15, 0.2) is 0 Å². The second-order valence-electron chi connectivity index (χ2n) is 5.36. The van der Waals surface area contributed by atoms with Crippen LogP contribution in [-0.2, 0) is 13.1 Å². The summed E-state index contributed by atoms with van der Waals surface area (Å²) in [5.74, 6) is 0. The van der Waals surface area contributed by atoms with Gasteiger partial charge >= 0.3 is 0 Å². The Morgan fingerprint density at radius 2 is 2.05 bits per heavy atom. The molecule has 1 unspecified atom stereocenters. The largest absolute Gasteiger partial charge is 0.394 e. The number of nitrogens with zero attached hydrogens (tertiary/aromatic N) is 3. The van der Waals surface area contributed by atoms with E-state index < -0.39 is 0 Å². The maximum Gasteiger partial charge on any atom is 0.0640 e. The fraction of sp³-hybridized carbons (Fsp3) is 0.438. The molecule has 0 saturated carbocycles. The Kier molecular flexibility index (Phi) is 5.92. The highest BCUT2D eigenvalue weighted by atomic mass is 16.3. The van der Waals surface area contributed by atoms with Crippen molar-refractivity contribution in [1.82, 2.24) is 20.0 Å². The molecule has 0 aliphatic heterocycles. The van der Waals surface area contributed by atoms with E-state index in [0.717, 1.165) is 18.7 Å². The van der Waals surface area contributed by atoms with E-state index >= 15 is 0 Å². The molecular formula is C16H24N4O. The molecule has 1 aromatic heterocycles. The van der Waals surface area contributed by atoms with Crippen molar-refractivity contribution in [3.63, 3.8) is 0 Å². The first-order valence-electron chi connectivity index (χ1n) is 7.25.